The highest BCUT2D eigenvalue weighted by Gasteiger charge is 2.24. The molecular formula is C12H23N3O5S. The van der Waals surface area contributed by atoms with Gasteiger partial charge in [-0.25, -0.2) is 8.42 Å². The molecule has 1 unspecified atom stereocenters. The Kier molecular flexibility index (Phi) is 6.56. The Balaban J connectivity index is 2.49. The van der Waals surface area contributed by atoms with Crippen LogP contribution in [0.3, 0.4) is 0 Å². The van der Waals surface area contributed by atoms with Gasteiger partial charge in [0.25, 0.3) is 0 Å². The van der Waals surface area contributed by atoms with Crippen LogP contribution in [-0.2, 0) is 19.4 Å². The van der Waals surface area contributed by atoms with Crippen LogP contribution >= 0.6 is 0 Å². The van der Waals surface area contributed by atoms with Crippen LogP contribution in [0.1, 0.15) is 12.8 Å². The molecule has 21 heavy (non-hydrogen) atoms. The lowest BCUT2D eigenvalue weighted by Crippen LogP contribution is -2.46. The van der Waals surface area contributed by atoms with Crippen LogP contribution in [0.25, 0.3) is 0 Å². The van der Waals surface area contributed by atoms with Crippen LogP contribution in [-0.4, -0.2) is 86.0 Å². The average molecular weight is 321 g/mol. The Morgan fingerprint density at radius 3 is 2.48 bits per heavy atom. The van der Waals surface area contributed by atoms with Gasteiger partial charge in [-0.2, -0.15) is 0 Å². The summed E-state index contributed by atoms with van der Waals surface area (Å²) in [5.41, 5.74) is 5.76. The van der Waals surface area contributed by atoms with Gasteiger partial charge in [-0.05, 0) is 12.8 Å². The predicted octanol–water partition coefficient (Wildman–Crippen LogP) is -1.63. The predicted molar refractivity (Wildman–Crippen MR) is 77.6 cm³/mol. The SMILES string of the molecule is CS(=O)(=O)CCC(N)C(=O)N1CCCN(CC(=O)O)CC1. The fourth-order valence-corrected chi connectivity index (χ4v) is 2.92. The number of carboxylic acids is 1. The first kappa shape index (κ1) is 17.9. The van der Waals surface area contributed by atoms with E-state index in [0.29, 0.717) is 32.6 Å². The summed E-state index contributed by atoms with van der Waals surface area (Å²) in [5.74, 6) is -1.27. The normalized spacial score (nSPS) is 19.0. The topological polar surface area (TPSA) is 121 Å². The van der Waals surface area contributed by atoms with Crippen LogP contribution in [0.4, 0.5) is 0 Å². The van der Waals surface area contributed by atoms with E-state index in [2.05, 4.69) is 0 Å². The van der Waals surface area contributed by atoms with Crippen molar-refractivity contribution in [3.8, 4) is 0 Å². The molecule has 0 aromatic carbocycles. The number of nitrogens with zero attached hydrogens (tertiary/aromatic N) is 2. The van der Waals surface area contributed by atoms with E-state index in [0.717, 1.165) is 6.26 Å². The number of carbonyl (C=O) groups is 2. The molecule has 122 valence electrons. The number of nitrogens with two attached hydrogens (primary N) is 1. The zero-order valence-corrected chi connectivity index (χ0v) is 13.0. The van der Waals surface area contributed by atoms with E-state index < -0.39 is 21.8 Å². The highest BCUT2D eigenvalue weighted by Crippen LogP contribution is 2.06. The van der Waals surface area contributed by atoms with Crippen molar-refractivity contribution >= 4 is 21.7 Å². The maximum atomic E-state index is 12.2. The Morgan fingerprint density at radius 2 is 1.90 bits per heavy atom. The van der Waals surface area contributed by atoms with E-state index in [1.54, 1.807) is 9.80 Å². The number of sulfone groups is 1. The molecule has 1 atom stereocenters. The van der Waals surface area contributed by atoms with Crippen LogP contribution in [0.15, 0.2) is 0 Å². The molecule has 1 heterocycles. The van der Waals surface area contributed by atoms with Gasteiger partial charge in [0.1, 0.15) is 9.84 Å². The fourth-order valence-electron chi connectivity index (χ4n) is 2.24. The Morgan fingerprint density at radius 1 is 1.24 bits per heavy atom. The standard InChI is InChI=1S/C12H23N3O5S/c1-21(19,20)8-3-10(13)12(18)15-5-2-4-14(6-7-15)9-11(16)17/h10H,2-9,13H2,1H3,(H,16,17). The molecule has 1 aliphatic heterocycles. The average Bonchev–Trinajstić information content (AvgIpc) is 2.59. The van der Waals surface area contributed by atoms with Crippen molar-refractivity contribution in [3.05, 3.63) is 0 Å². The Labute approximate surface area is 124 Å². The second-order valence-corrected chi connectivity index (χ2v) is 7.63. The summed E-state index contributed by atoms with van der Waals surface area (Å²) >= 11 is 0. The van der Waals surface area contributed by atoms with Gasteiger partial charge in [0.05, 0.1) is 18.3 Å². The molecule has 1 saturated heterocycles. The lowest BCUT2D eigenvalue weighted by Gasteiger charge is -2.24. The van der Waals surface area contributed by atoms with Crippen molar-refractivity contribution in [2.45, 2.75) is 18.9 Å². The molecular weight excluding hydrogens is 298 g/mol. The molecule has 8 nitrogen and oxygen atoms in total. The number of carbonyl (C=O) groups excluding carboxylic acids is 1. The summed E-state index contributed by atoms with van der Waals surface area (Å²) < 4.78 is 22.2. The maximum Gasteiger partial charge on any atom is 0.317 e. The lowest BCUT2D eigenvalue weighted by molar-refractivity contribution is -0.138. The van der Waals surface area contributed by atoms with E-state index >= 15 is 0 Å². The lowest BCUT2D eigenvalue weighted by atomic mass is 10.2. The summed E-state index contributed by atoms with van der Waals surface area (Å²) in [6, 6.07) is -0.828. The van der Waals surface area contributed by atoms with Gasteiger partial charge < -0.3 is 15.7 Å². The van der Waals surface area contributed by atoms with E-state index in [-0.39, 0.29) is 24.6 Å². The summed E-state index contributed by atoms with van der Waals surface area (Å²) in [6.07, 6.45) is 1.89. The smallest absolute Gasteiger partial charge is 0.317 e. The van der Waals surface area contributed by atoms with Gasteiger partial charge in [0.15, 0.2) is 0 Å². The number of hydrogen-bond donors (Lipinski definition) is 2. The molecule has 9 heteroatoms. The zero-order valence-electron chi connectivity index (χ0n) is 12.2. The number of carboxylic acid groups (broad SMARTS) is 1. The van der Waals surface area contributed by atoms with Crippen LogP contribution in [0, 0.1) is 0 Å². The van der Waals surface area contributed by atoms with Crippen molar-refractivity contribution in [3.63, 3.8) is 0 Å². The van der Waals surface area contributed by atoms with Gasteiger partial charge in [0.2, 0.25) is 5.91 Å². The highest BCUT2D eigenvalue weighted by molar-refractivity contribution is 7.90. The van der Waals surface area contributed by atoms with E-state index in [4.69, 9.17) is 10.8 Å². The number of rotatable bonds is 6. The third-order valence-corrected chi connectivity index (χ3v) is 4.35. The zero-order chi connectivity index (χ0) is 16.0. The third kappa shape index (κ3) is 6.87. The minimum Gasteiger partial charge on any atom is -0.480 e. The summed E-state index contributed by atoms with van der Waals surface area (Å²) in [6.45, 7) is 1.99. The van der Waals surface area contributed by atoms with Gasteiger partial charge in [-0.15, -0.1) is 0 Å². The monoisotopic (exact) mass is 321 g/mol. The molecule has 0 aromatic heterocycles. The molecule has 0 bridgehead atoms. The quantitative estimate of drug-likeness (QED) is 0.602. The van der Waals surface area contributed by atoms with Crippen LogP contribution in [0.2, 0.25) is 0 Å². The second-order valence-electron chi connectivity index (χ2n) is 5.37. The molecule has 0 spiro atoms. The molecule has 0 aromatic rings. The minimum atomic E-state index is -3.14. The summed E-state index contributed by atoms with van der Waals surface area (Å²) in [4.78, 5) is 26.2. The van der Waals surface area contributed by atoms with Crippen molar-refractivity contribution < 1.29 is 23.1 Å². The van der Waals surface area contributed by atoms with E-state index in [9.17, 15) is 18.0 Å². The number of aliphatic carboxylic acids is 1. The van der Waals surface area contributed by atoms with Gasteiger partial charge >= 0.3 is 5.97 Å². The van der Waals surface area contributed by atoms with Gasteiger partial charge in [-0.3, -0.25) is 14.5 Å². The second kappa shape index (κ2) is 7.71. The molecule has 1 rings (SSSR count). The van der Waals surface area contributed by atoms with Crippen molar-refractivity contribution in [2.24, 2.45) is 5.73 Å². The molecule has 0 saturated carbocycles. The number of amides is 1. The third-order valence-electron chi connectivity index (χ3n) is 3.38. The van der Waals surface area contributed by atoms with Crippen LogP contribution < -0.4 is 5.73 Å². The first-order valence-electron chi connectivity index (χ1n) is 6.85. The first-order valence-corrected chi connectivity index (χ1v) is 8.91. The fraction of sp³-hybridized carbons (Fsp3) is 0.833. The number of hydrogen-bond acceptors (Lipinski definition) is 6. The van der Waals surface area contributed by atoms with E-state index in [1.807, 2.05) is 0 Å². The largest absolute Gasteiger partial charge is 0.480 e. The molecule has 3 N–H and O–H groups in total. The summed E-state index contributed by atoms with van der Waals surface area (Å²) in [5, 5.41) is 8.77. The Hall–Kier alpha value is -1.19. The highest BCUT2D eigenvalue weighted by atomic mass is 32.2. The van der Waals surface area contributed by atoms with Crippen LogP contribution in [0.5, 0.6) is 0 Å². The van der Waals surface area contributed by atoms with Crippen molar-refractivity contribution in [1.29, 1.82) is 0 Å². The first-order chi connectivity index (χ1) is 9.69. The van der Waals surface area contributed by atoms with Crippen molar-refractivity contribution in [1.82, 2.24) is 9.80 Å². The molecule has 0 aliphatic carbocycles. The van der Waals surface area contributed by atoms with Crippen molar-refractivity contribution in [2.75, 3.05) is 44.7 Å². The summed E-state index contributed by atoms with van der Waals surface area (Å²) in [7, 11) is -3.14. The minimum absolute atomic E-state index is 0.0395. The Bertz CT molecular complexity index is 479. The molecule has 1 fully saturated rings. The van der Waals surface area contributed by atoms with Gasteiger partial charge in [0, 0.05) is 32.4 Å². The molecule has 1 amide bonds. The molecule has 1 aliphatic rings. The van der Waals surface area contributed by atoms with E-state index in [1.165, 1.54) is 0 Å². The molecule has 0 radical (unpaired) electrons. The maximum absolute atomic E-state index is 12.2. The van der Waals surface area contributed by atoms with Gasteiger partial charge in [-0.1, -0.05) is 0 Å².